The van der Waals surface area contributed by atoms with E-state index in [1.807, 2.05) is 12.4 Å². The highest BCUT2D eigenvalue weighted by molar-refractivity contribution is 5.86. The second-order valence-electron chi connectivity index (χ2n) is 20.5. The second kappa shape index (κ2) is 16.0. The van der Waals surface area contributed by atoms with Gasteiger partial charge in [-0.25, -0.2) is 9.97 Å². The first kappa shape index (κ1) is 42.6. The van der Waals surface area contributed by atoms with Crippen LogP contribution in [0.5, 0.6) is 0 Å². The zero-order valence-electron chi connectivity index (χ0n) is 36.5. The lowest BCUT2D eigenvalue weighted by molar-refractivity contribution is -0.188. The number of H-pyrrole nitrogens is 2. The molecule has 5 aliphatic rings. The molecule has 324 valence electrons. The van der Waals surface area contributed by atoms with E-state index in [2.05, 4.69) is 98.6 Å². The van der Waals surface area contributed by atoms with Crippen molar-refractivity contribution >= 4 is 23.0 Å². The molecule has 3 aliphatic carbocycles. The number of nitrogens with zero attached hydrogens (tertiary/aromatic N) is 2. The van der Waals surface area contributed by atoms with Gasteiger partial charge in [-0.1, -0.05) is 90.8 Å². The first-order chi connectivity index (χ1) is 28.5. The quantitative estimate of drug-likeness (QED) is 0.113. The second-order valence-corrected chi connectivity index (χ2v) is 20.5. The lowest BCUT2D eigenvalue weighted by Crippen LogP contribution is -2.63. The molecule has 8 rings (SSSR count). The van der Waals surface area contributed by atoms with Crippen LogP contribution in [0.25, 0.3) is 22.4 Å². The Morgan fingerprint density at radius 3 is 1.42 bits per heavy atom. The van der Waals surface area contributed by atoms with E-state index in [9.17, 15) is 19.8 Å². The number of benzene rings is 1. The van der Waals surface area contributed by atoms with Crippen LogP contribution in [0.2, 0.25) is 0 Å². The molecule has 2 saturated carbocycles. The van der Waals surface area contributed by atoms with E-state index in [1.165, 1.54) is 5.57 Å². The molecule has 2 aliphatic heterocycles. The van der Waals surface area contributed by atoms with Crippen LogP contribution in [-0.4, -0.2) is 79.6 Å². The summed E-state index contributed by atoms with van der Waals surface area (Å²) in [7, 11) is 0. The summed E-state index contributed by atoms with van der Waals surface area (Å²) >= 11 is 0. The van der Waals surface area contributed by atoms with Crippen LogP contribution in [-0.2, 0) is 19.1 Å². The molecule has 1 aromatic carbocycles. The zero-order valence-corrected chi connectivity index (χ0v) is 36.5. The number of carbonyl (C=O) groups is 2. The van der Waals surface area contributed by atoms with Crippen LogP contribution in [0.3, 0.4) is 0 Å². The molecule has 0 radical (unpaired) electrons. The van der Waals surface area contributed by atoms with Crippen LogP contribution >= 0.6 is 0 Å². The van der Waals surface area contributed by atoms with Crippen molar-refractivity contribution in [2.24, 2.45) is 21.7 Å². The highest BCUT2D eigenvalue weighted by Gasteiger charge is 2.61. The van der Waals surface area contributed by atoms with E-state index in [0.29, 0.717) is 83.6 Å². The molecule has 4 heterocycles. The summed E-state index contributed by atoms with van der Waals surface area (Å²) in [4.78, 5) is 44.8. The normalized spacial score (nSPS) is 23.2. The summed E-state index contributed by atoms with van der Waals surface area (Å²) in [5.74, 6) is 1.25. The van der Waals surface area contributed by atoms with Gasteiger partial charge in [0.2, 0.25) is 11.8 Å². The number of aromatic amines is 2. The van der Waals surface area contributed by atoms with Crippen molar-refractivity contribution in [3.63, 3.8) is 0 Å². The van der Waals surface area contributed by atoms with E-state index in [1.54, 1.807) is 0 Å². The van der Waals surface area contributed by atoms with Crippen molar-refractivity contribution in [1.82, 2.24) is 30.6 Å². The fourth-order valence-electron chi connectivity index (χ4n) is 10.4. The number of imidazole rings is 2. The molecule has 3 aromatic rings. The van der Waals surface area contributed by atoms with Crippen molar-refractivity contribution < 1.29 is 29.3 Å². The summed E-state index contributed by atoms with van der Waals surface area (Å²) in [6.07, 6.45) is 16.3. The van der Waals surface area contributed by atoms with Crippen molar-refractivity contribution in [2.75, 3.05) is 26.4 Å². The minimum absolute atomic E-state index is 0.0818. The maximum absolute atomic E-state index is 14.1. The SMILES string of the molecule is CC(C)(C)[C@H](NC(=O)C1(C2(O)CCOCC2)CCC1)c1ncc(C2=CC=C(c3ccc(-c4cnc([C@@H](NC(=O)C5(C6(O)CCOCC6)CCC5)C(C)(C)C)[nH]4)cc3)CC2)[nH]1. The summed E-state index contributed by atoms with van der Waals surface area (Å²) < 4.78 is 11.1. The lowest BCUT2D eigenvalue weighted by Gasteiger charge is -2.53. The van der Waals surface area contributed by atoms with E-state index >= 15 is 0 Å². The molecule has 60 heavy (non-hydrogen) atoms. The fourth-order valence-corrected chi connectivity index (χ4v) is 10.4. The summed E-state index contributed by atoms with van der Waals surface area (Å²) in [5, 5.41) is 30.0. The molecule has 4 fully saturated rings. The molecule has 2 atom stereocenters. The predicted octanol–water partition coefficient (Wildman–Crippen LogP) is 7.89. The minimum Gasteiger partial charge on any atom is -0.389 e. The van der Waals surface area contributed by atoms with Crippen molar-refractivity contribution in [3.8, 4) is 11.3 Å². The number of allylic oxidation sites excluding steroid dienone is 4. The average Bonchev–Trinajstić information content (AvgIpc) is 3.86. The highest BCUT2D eigenvalue weighted by atomic mass is 16.5. The van der Waals surface area contributed by atoms with Gasteiger partial charge in [-0.2, -0.15) is 0 Å². The van der Waals surface area contributed by atoms with Crippen LogP contribution in [0, 0.1) is 21.7 Å². The van der Waals surface area contributed by atoms with Gasteiger partial charge >= 0.3 is 0 Å². The summed E-state index contributed by atoms with van der Waals surface area (Å²) in [5.41, 5.74) is 2.09. The Hall–Kier alpha value is -4.10. The maximum atomic E-state index is 14.1. The summed E-state index contributed by atoms with van der Waals surface area (Å²) in [6.45, 7) is 14.5. The van der Waals surface area contributed by atoms with Gasteiger partial charge in [0.15, 0.2) is 0 Å². The first-order valence-electron chi connectivity index (χ1n) is 22.3. The van der Waals surface area contributed by atoms with Crippen LogP contribution in [0.4, 0.5) is 0 Å². The molecule has 6 N–H and O–H groups in total. The Labute approximate surface area is 354 Å². The van der Waals surface area contributed by atoms with Gasteiger partial charge in [0.25, 0.3) is 0 Å². The Morgan fingerprint density at radius 1 is 0.617 bits per heavy atom. The Bertz CT molecular complexity index is 2100. The molecule has 2 amide bonds. The van der Waals surface area contributed by atoms with Gasteiger partial charge in [0.1, 0.15) is 11.6 Å². The molecule has 12 heteroatoms. The number of amides is 2. The lowest BCUT2D eigenvalue weighted by atomic mass is 9.55. The van der Waals surface area contributed by atoms with E-state index in [-0.39, 0.29) is 34.7 Å². The van der Waals surface area contributed by atoms with Crippen LogP contribution in [0.15, 0.2) is 48.8 Å². The molecular formula is C48H66N6O6. The predicted molar refractivity (Wildman–Crippen MR) is 231 cm³/mol. The molecule has 0 unspecified atom stereocenters. The van der Waals surface area contributed by atoms with Crippen LogP contribution in [0.1, 0.15) is 154 Å². The largest absolute Gasteiger partial charge is 0.389 e. The zero-order chi connectivity index (χ0) is 42.6. The Kier molecular flexibility index (Phi) is 11.3. The number of rotatable bonds is 11. The maximum Gasteiger partial charge on any atom is 0.229 e. The smallest absolute Gasteiger partial charge is 0.229 e. The third kappa shape index (κ3) is 7.71. The van der Waals surface area contributed by atoms with E-state index in [0.717, 1.165) is 59.6 Å². The number of hydrogen-bond donors (Lipinski definition) is 6. The monoisotopic (exact) mass is 823 g/mol. The van der Waals surface area contributed by atoms with Gasteiger partial charge in [0.05, 0.1) is 57.9 Å². The number of ether oxygens (including phenoxy) is 2. The highest BCUT2D eigenvalue weighted by Crippen LogP contribution is 2.55. The molecule has 0 spiro atoms. The van der Waals surface area contributed by atoms with Crippen molar-refractivity contribution in [1.29, 1.82) is 0 Å². The number of aromatic nitrogens is 4. The third-order valence-corrected chi connectivity index (χ3v) is 14.8. The first-order valence-corrected chi connectivity index (χ1v) is 22.3. The third-order valence-electron chi connectivity index (χ3n) is 14.8. The fraction of sp³-hybridized carbons (Fsp3) is 0.625. The molecular weight excluding hydrogens is 757 g/mol. The van der Waals surface area contributed by atoms with Gasteiger partial charge in [0, 0.05) is 52.1 Å². The van der Waals surface area contributed by atoms with Gasteiger partial charge in [-0.3, -0.25) is 9.59 Å². The number of nitrogens with one attached hydrogen (secondary N) is 4. The molecule has 2 saturated heterocycles. The average molecular weight is 823 g/mol. The minimum atomic E-state index is -1.05. The number of carbonyl (C=O) groups excluding carboxylic acids is 2. The van der Waals surface area contributed by atoms with Gasteiger partial charge < -0.3 is 40.3 Å². The number of hydrogen-bond acceptors (Lipinski definition) is 8. The molecule has 12 nitrogen and oxygen atoms in total. The van der Waals surface area contributed by atoms with Crippen molar-refractivity contribution in [2.45, 2.75) is 142 Å². The number of aliphatic hydroxyl groups is 2. The topological polar surface area (TPSA) is 174 Å². The molecule has 0 bridgehead atoms. The Morgan fingerprint density at radius 2 is 1.02 bits per heavy atom. The van der Waals surface area contributed by atoms with Crippen LogP contribution < -0.4 is 10.6 Å². The Balaban J connectivity index is 0.938. The standard InChI is InChI=1S/C48H66N6O6/c1-43(2,3)37(53-41(55)45(17-7-18-45)47(57)21-25-59-26-22-47)39-49-29-35(51-39)33-13-9-31(10-14-33)32-11-15-34(16-12-32)36-30-50-40(52-36)38(44(4,5)6)54-42(56)46(19-8-20-46)48(58)23-27-60-28-24-48/h9-11,13-15,29-30,37-38,57-58H,7-8,12,16-28H2,1-6H3,(H,49,51)(H,50,52)(H,53,55)(H,54,56)/t37-,38-/m1/s1. The van der Waals surface area contributed by atoms with E-state index < -0.39 is 22.0 Å². The van der Waals surface area contributed by atoms with Gasteiger partial charge in [-0.05, 0) is 71.6 Å². The van der Waals surface area contributed by atoms with Gasteiger partial charge in [-0.15, -0.1) is 0 Å². The van der Waals surface area contributed by atoms with Crippen molar-refractivity contribution in [3.05, 3.63) is 71.7 Å². The molecule has 2 aromatic heterocycles. The summed E-state index contributed by atoms with van der Waals surface area (Å²) in [6, 6.07) is 7.79. The van der Waals surface area contributed by atoms with E-state index in [4.69, 9.17) is 19.4 Å².